The molecule has 2 amide bonds. The number of benzene rings is 1. The minimum Gasteiger partial charge on any atom is -0.478 e. The molecule has 138 valence electrons. The number of aryl methyl sites for hydroxylation is 1. The summed E-state index contributed by atoms with van der Waals surface area (Å²) in [5.41, 5.74) is 4.41. The third-order valence-electron chi connectivity index (χ3n) is 3.43. The average Bonchev–Trinajstić information content (AvgIpc) is 3.06. The molecule has 26 heavy (non-hydrogen) atoms. The van der Waals surface area contributed by atoms with Crippen molar-refractivity contribution in [2.45, 2.75) is 32.8 Å². The fourth-order valence-corrected chi connectivity index (χ4v) is 2.85. The van der Waals surface area contributed by atoms with E-state index in [4.69, 9.17) is 4.74 Å². The summed E-state index contributed by atoms with van der Waals surface area (Å²) in [6.07, 6.45) is -1.02. The van der Waals surface area contributed by atoms with E-state index in [1.807, 2.05) is 13.0 Å². The number of Topliss-reactive ketones (excluding diaryl/α,β-unsaturated/α-hetero) is 1. The summed E-state index contributed by atoms with van der Waals surface area (Å²) >= 11 is 1.37. The maximum Gasteiger partial charge on any atom is 0.279 e. The van der Waals surface area contributed by atoms with Gasteiger partial charge >= 0.3 is 0 Å². The van der Waals surface area contributed by atoms with Crippen LogP contribution in [-0.2, 0) is 9.59 Å². The molecule has 0 spiro atoms. The molecule has 8 heteroatoms. The van der Waals surface area contributed by atoms with Crippen LogP contribution in [0.25, 0.3) is 0 Å². The Hall–Kier alpha value is -2.74. The van der Waals surface area contributed by atoms with Gasteiger partial charge in [0.1, 0.15) is 0 Å². The van der Waals surface area contributed by atoms with Crippen LogP contribution >= 0.6 is 11.3 Å². The molecule has 0 aliphatic rings. The number of hydrogen-bond donors (Lipinski definition) is 2. The monoisotopic (exact) mass is 378 g/mol. The lowest BCUT2D eigenvalue weighted by Crippen LogP contribution is -2.47. The molecular weight excluding hydrogens is 359 g/mol. The number of halogens is 1. The number of rotatable bonds is 7. The van der Waals surface area contributed by atoms with Crippen molar-refractivity contribution in [1.29, 1.82) is 0 Å². The second-order valence-electron chi connectivity index (χ2n) is 5.56. The highest BCUT2D eigenvalue weighted by atomic mass is 32.1. The number of hydrazine groups is 1. The molecule has 0 aliphatic heterocycles. The lowest BCUT2D eigenvalue weighted by molar-refractivity contribution is -0.132. The van der Waals surface area contributed by atoms with E-state index in [-0.39, 0.29) is 24.4 Å². The fourth-order valence-electron chi connectivity index (χ4n) is 2.01. The van der Waals surface area contributed by atoms with E-state index in [0.29, 0.717) is 4.88 Å². The first-order chi connectivity index (χ1) is 12.4. The molecule has 0 bridgehead atoms. The molecule has 1 unspecified atom stereocenters. The zero-order valence-electron chi connectivity index (χ0n) is 14.4. The van der Waals surface area contributed by atoms with Crippen LogP contribution < -0.4 is 15.6 Å². The summed E-state index contributed by atoms with van der Waals surface area (Å²) in [5, 5.41) is 0. The molecule has 0 saturated heterocycles. The minimum atomic E-state index is -1.01. The second kappa shape index (κ2) is 9.10. The summed E-state index contributed by atoms with van der Waals surface area (Å²) in [5.74, 6) is -1.91. The molecule has 1 aromatic carbocycles. The van der Waals surface area contributed by atoms with Crippen molar-refractivity contribution in [1.82, 2.24) is 10.9 Å². The first-order valence-electron chi connectivity index (χ1n) is 7.96. The van der Waals surface area contributed by atoms with E-state index >= 15 is 0 Å². The van der Waals surface area contributed by atoms with Gasteiger partial charge in [-0.3, -0.25) is 25.2 Å². The number of para-hydroxylation sites is 1. The van der Waals surface area contributed by atoms with E-state index < -0.39 is 23.7 Å². The van der Waals surface area contributed by atoms with Gasteiger partial charge in [0.05, 0.1) is 4.88 Å². The molecule has 0 radical (unpaired) electrons. The quantitative estimate of drug-likeness (QED) is 0.573. The first kappa shape index (κ1) is 19.6. The second-order valence-corrected chi connectivity index (χ2v) is 6.85. The van der Waals surface area contributed by atoms with Crippen LogP contribution in [0.3, 0.4) is 0 Å². The Labute approximate surface area is 154 Å². The number of hydrogen-bond acceptors (Lipinski definition) is 5. The van der Waals surface area contributed by atoms with Crippen LogP contribution in [0.5, 0.6) is 5.75 Å². The van der Waals surface area contributed by atoms with Gasteiger partial charge in [0, 0.05) is 17.7 Å². The van der Waals surface area contributed by atoms with E-state index in [0.717, 1.165) is 4.88 Å². The van der Waals surface area contributed by atoms with Gasteiger partial charge in [0.25, 0.3) is 5.91 Å². The number of carbonyl (C=O) groups excluding carboxylic acids is 3. The lowest BCUT2D eigenvalue weighted by atomic mass is 10.2. The molecule has 2 aromatic rings. The van der Waals surface area contributed by atoms with E-state index in [9.17, 15) is 18.8 Å². The van der Waals surface area contributed by atoms with Crippen LogP contribution in [0.1, 0.15) is 34.3 Å². The lowest BCUT2D eigenvalue weighted by Gasteiger charge is -2.15. The molecule has 0 saturated carbocycles. The molecular formula is C18H19FN2O4S. The van der Waals surface area contributed by atoms with Crippen molar-refractivity contribution in [3.63, 3.8) is 0 Å². The van der Waals surface area contributed by atoms with Crippen LogP contribution in [0.2, 0.25) is 0 Å². The van der Waals surface area contributed by atoms with Gasteiger partial charge in [-0.2, -0.15) is 0 Å². The Morgan fingerprint density at radius 2 is 1.85 bits per heavy atom. The van der Waals surface area contributed by atoms with Gasteiger partial charge in [-0.05, 0) is 38.1 Å². The summed E-state index contributed by atoms with van der Waals surface area (Å²) < 4.78 is 18.7. The molecule has 1 atom stereocenters. The summed E-state index contributed by atoms with van der Waals surface area (Å²) in [6.45, 7) is 3.32. The Morgan fingerprint density at radius 3 is 2.50 bits per heavy atom. The van der Waals surface area contributed by atoms with Crippen molar-refractivity contribution in [3.8, 4) is 5.75 Å². The molecule has 0 fully saturated rings. The van der Waals surface area contributed by atoms with Gasteiger partial charge in [0.2, 0.25) is 5.91 Å². The Bertz CT molecular complexity index is 806. The topological polar surface area (TPSA) is 84.5 Å². The zero-order chi connectivity index (χ0) is 19.1. The summed E-state index contributed by atoms with van der Waals surface area (Å²) in [4.78, 5) is 37.2. The van der Waals surface area contributed by atoms with Crippen molar-refractivity contribution in [2.75, 3.05) is 0 Å². The van der Waals surface area contributed by atoms with Crippen LogP contribution in [-0.4, -0.2) is 23.7 Å². The summed E-state index contributed by atoms with van der Waals surface area (Å²) in [7, 11) is 0. The van der Waals surface area contributed by atoms with Gasteiger partial charge in [-0.25, -0.2) is 4.39 Å². The normalized spacial score (nSPS) is 11.5. The van der Waals surface area contributed by atoms with E-state index in [1.54, 1.807) is 12.1 Å². The number of ether oxygens (including phenoxy) is 1. The highest BCUT2D eigenvalue weighted by molar-refractivity contribution is 7.14. The number of thiophene rings is 1. The van der Waals surface area contributed by atoms with Gasteiger partial charge in [0.15, 0.2) is 23.5 Å². The number of ketones is 1. The fraction of sp³-hybridized carbons (Fsp3) is 0.278. The first-order valence-corrected chi connectivity index (χ1v) is 8.78. The van der Waals surface area contributed by atoms with E-state index in [2.05, 4.69) is 10.9 Å². The summed E-state index contributed by atoms with van der Waals surface area (Å²) in [6, 6.07) is 9.27. The number of amides is 2. The zero-order valence-corrected chi connectivity index (χ0v) is 15.2. The van der Waals surface area contributed by atoms with Crippen LogP contribution in [0, 0.1) is 12.7 Å². The molecule has 1 aromatic heterocycles. The van der Waals surface area contributed by atoms with Crippen molar-refractivity contribution < 1.29 is 23.5 Å². The molecule has 6 nitrogen and oxygen atoms in total. The third kappa shape index (κ3) is 5.66. The minimum absolute atomic E-state index is 0.0446. The van der Waals surface area contributed by atoms with Crippen LogP contribution in [0.4, 0.5) is 4.39 Å². The van der Waals surface area contributed by atoms with Crippen molar-refractivity contribution in [2.24, 2.45) is 0 Å². The maximum absolute atomic E-state index is 13.5. The van der Waals surface area contributed by atoms with Crippen molar-refractivity contribution in [3.05, 3.63) is 52.0 Å². The van der Waals surface area contributed by atoms with Crippen LogP contribution in [0.15, 0.2) is 36.4 Å². The van der Waals surface area contributed by atoms with Gasteiger partial charge in [-0.1, -0.05) is 12.1 Å². The predicted octanol–water partition coefficient (Wildman–Crippen LogP) is 2.77. The number of carbonyl (C=O) groups is 3. The van der Waals surface area contributed by atoms with Gasteiger partial charge in [-0.15, -0.1) is 11.3 Å². The Balaban J connectivity index is 1.73. The average molecular weight is 378 g/mol. The van der Waals surface area contributed by atoms with Gasteiger partial charge < -0.3 is 4.74 Å². The highest BCUT2D eigenvalue weighted by Crippen LogP contribution is 2.18. The largest absolute Gasteiger partial charge is 0.478 e. The SMILES string of the molecule is Cc1ccc(C(=O)CCC(=O)NNC(=O)C(C)Oc2ccccc2F)s1. The maximum atomic E-state index is 13.5. The Kier molecular flexibility index (Phi) is 6.85. The molecule has 1 heterocycles. The number of nitrogens with one attached hydrogen (secondary N) is 2. The third-order valence-corrected chi connectivity index (χ3v) is 4.47. The molecule has 2 rings (SSSR count). The molecule has 0 aliphatic carbocycles. The predicted molar refractivity (Wildman–Crippen MR) is 95.4 cm³/mol. The molecule has 2 N–H and O–H groups in total. The van der Waals surface area contributed by atoms with Crippen molar-refractivity contribution >= 4 is 28.9 Å². The van der Waals surface area contributed by atoms with E-state index in [1.165, 1.54) is 36.5 Å². The standard InChI is InChI=1S/C18H19FN2O4S/c1-11-7-9-16(26-11)14(22)8-10-17(23)20-21-18(24)12(2)25-15-6-4-3-5-13(15)19/h3-7,9,12H,8,10H2,1-2H3,(H,20,23)(H,21,24). The highest BCUT2D eigenvalue weighted by Gasteiger charge is 2.17. The Morgan fingerprint density at radius 1 is 1.12 bits per heavy atom. The smallest absolute Gasteiger partial charge is 0.279 e.